The van der Waals surface area contributed by atoms with Crippen LogP contribution in [-0.4, -0.2) is 137 Å². The van der Waals surface area contributed by atoms with Crippen LogP contribution < -0.4 is 24.5 Å². The van der Waals surface area contributed by atoms with E-state index in [0.717, 1.165) is 93.5 Å². The van der Waals surface area contributed by atoms with Crippen molar-refractivity contribution in [2.75, 3.05) is 60.8 Å². The number of hydrogen-bond donors (Lipinski definition) is 1. The number of carbonyl (C=O) groups is 5. The fraction of sp³-hybridized carbons (Fsp3) is 0.500. The minimum absolute atomic E-state index is 0.0739. The summed E-state index contributed by atoms with van der Waals surface area (Å²) in [6.45, 7) is 59.1. The number of nitrogens with one attached hydrogen (secondary N) is 1. The second-order valence-corrected chi connectivity index (χ2v) is 34.6. The van der Waals surface area contributed by atoms with E-state index in [2.05, 4.69) is 160 Å². The van der Waals surface area contributed by atoms with E-state index in [0.29, 0.717) is 71.0 Å². The third-order valence-electron chi connectivity index (χ3n) is 17.6. The van der Waals surface area contributed by atoms with Gasteiger partial charge in [0.1, 0.15) is 19.0 Å². The van der Waals surface area contributed by atoms with Crippen molar-refractivity contribution in [3.8, 4) is 23.4 Å². The van der Waals surface area contributed by atoms with E-state index in [1.165, 1.54) is 69.3 Å². The number of nitrogens with zero attached hydrogens (tertiary/aromatic N) is 8. The molecule has 9 heterocycles. The number of aldehydes is 5. The number of aromatic nitrogens is 8. The van der Waals surface area contributed by atoms with Gasteiger partial charge in [-0.3, -0.25) is 53.6 Å². The van der Waals surface area contributed by atoms with Crippen molar-refractivity contribution in [1.82, 2.24) is 44.8 Å². The molecule has 0 atom stereocenters. The lowest BCUT2D eigenvalue weighted by Crippen LogP contribution is -2.33. The summed E-state index contributed by atoms with van der Waals surface area (Å²) in [5.74, 6) is 2.00. The van der Waals surface area contributed by atoms with Crippen molar-refractivity contribution in [2.24, 2.45) is 0 Å². The Hall–Kier alpha value is -9.24. The number of carbonyl (C=O) groups excluding carboxylic acids is 5. The van der Waals surface area contributed by atoms with E-state index >= 15 is 0 Å². The molecule has 1 aliphatic heterocycles. The van der Waals surface area contributed by atoms with Crippen LogP contribution in [-0.2, 0) is 42.6 Å². The maximum absolute atomic E-state index is 11.3. The Morgan fingerprint density at radius 1 is 0.450 bits per heavy atom. The number of rotatable bonds is 15. The number of likely N-dealkylation sites (tertiary alicyclic amines) is 1. The lowest BCUT2D eigenvalue weighted by Gasteiger charge is -2.26. The summed E-state index contributed by atoms with van der Waals surface area (Å²) in [5.41, 5.74) is 15.9. The zero-order valence-electron chi connectivity index (χ0n) is 72.0. The zero-order valence-corrected chi connectivity index (χ0v) is 72.8. The Morgan fingerprint density at radius 3 is 1.36 bits per heavy atom. The summed E-state index contributed by atoms with van der Waals surface area (Å²) in [4.78, 5) is 99.5. The number of methoxy groups -OCH3 is 3. The van der Waals surface area contributed by atoms with Gasteiger partial charge in [0.05, 0.1) is 37.6 Å². The highest BCUT2D eigenvalue weighted by Crippen LogP contribution is 2.33. The quantitative estimate of drug-likeness (QED) is 0.0739. The number of piperidine rings is 1. The second kappa shape index (κ2) is 45.3. The maximum atomic E-state index is 11.3. The normalized spacial score (nSPS) is 12.2. The van der Waals surface area contributed by atoms with Crippen molar-refractivity contribution >= 4 is 43.0 Å². The van der Waals surface area contributed by atoms with Crippen LogP contribution in [0.1, 0.15) is 284 Å². The van der Waals surface area contributed by atoms with E-state index < -0.39 is 0 Å². The van der Waals surface area contributed by atoms with Crippen molar-refractivity contribution in [2.45, 2.75) is 237 Å². The predicted octanol–water partition coefficient (Wildman–Crippen LogP) is 19.2. The molecule has 0 radical (unpaired) electrons. The highest BCUT2D eigenvalue weighted by molar-refractivity contribution is 6.31. The number of aromatic amines is 1. The van der Waals surface area contributed by atoms with Crippen molar-refractivity contribution < 1.29 is 47.7 Å². The Balaban J connectivity index is 0.000000434. The Labute approximate surface area is 667 Å². The van der Waals surface area contributed by atoms with Gasteiger partial charge >= 0.3 is 0 Å². The fourth-order valence-electron chi connectivity index (χ4n) is 11.5. The first-order valence-electron chi connectivity index (χ1n) is 37.6. The molecule has 1 aliphatic rings. The number of halogens is 1. The highest BCUT2D eigenvalue weighted by atomic mass is 35.5. The maximum Gasteiger partial charge on any atom is 0.248 e. The highest BCUT2D eigenvalue weighted by Gasteiger charge is 2.25. The van der Waals surface area contributed by atoms with Gasteiger partial charge in [0.25, 0.3) is 0 Å². The second-order valence-electron chi connectivity index (χ2n) is 34.2. The van der Waals surface area contributed by atoms with Crippen LogP contribution in [0.15, 0.2) is 109 Å². The molecular weight excluding hydrogens is 1420 g/mol. The fourth-order valence-corrected chi connectivity index (χ4v) is 11.7. The summed E-state index contributed by atoms with van der Waals surface area (Å²) in [6.07, 6.45) is 23.3. The largest absolute Gasteiger partial charge is 0.494 e. The molecule has 20 nitrogen and oxygen atoms in total. The molecule has 1 saturated heterocycles. The van der Waals surface area contributed by atoms with Gasteiger partial charge in [-0.15, -0.1) is 0 Å². The van der Waals surface area contributed by atoms with Gasteiger partial charge in [0.2, 0.25) is 23.2 Å². The number of hydrogen-bond acceptors (Lipinski definition) is 19. The van der Waals surface area contributed by atoms with Crippen LogP contribution in [0.5, 0.6) is 23.4 Å². The Morgan fingerprint density at radius 2 is 0.910 bits per heavy atom. The monoisotopic (exact) mass is 1550 g/mol. The van der Waals surface area contributed by atoms with Crippen LogP contribution in [0.3, 0.4) is 0 Å². The molecule has 1 fully saturated rings. The molecule has 0 aromatic carbocycles. The first kappa shape index (κ1) is 97.8. The Kier molecular flexibility index (Phi) is 39.9. The van der Waals surface area contributed by atoms with E-state index in [1.807, 2.05) is 102 Å². The average molecular weight is 1550 g/mol. The summed E-state index contributed by atoms with van der Waals surface area (Å²) < 4.78 is 25.8. The molecular formula is C90H128ClN9O11. The molecule has 111 heavy (non-hydrogen) atoms. The molecule has 0 bridgehead atoms. The molecule has 606 valence electrons. The minimum atomic E-state index is -0.241. The zero-order chi connectivity index (χ0) is 84.5. The molecule has 8 aromatic heterocycles. The Bertz CT molecular complexity index is 4290. The van der Waals surface area contributed by atoms with Crippen LogP contribution in [0, 0.1) is 34.6 Å². The standard InChI is InChI=1S/C17H26N2O2.2C11H15NO2.C11H17N.C10H14ClN.C10H13NO3.C10H13NO2.C10H15N/c1-17(2,3)15-12-18-16(11-14(15)13-20)21-10-9-19-7-5-4-6-8-19;1-11(2,3)9-5-12-6-10(14-4)8(9)7-13;1-11(2,3)9-6-12-10(14-4)5-8(9)7-13;1-8-6-7-10(9(2)12-8)11(3,4)5;1-7-8(10(2,3)4)5-12-6-9(7)11;1-8-6-11-10(5-9(8)7-12)14-4-3-13-2;1-10(2,3)8-5-11-9(13)4-7(8)6-12;1-8-9(10(2,3)4)6-5-7-11-8/h11-13H,4-10H2,1-3H3;2*5-7H,1-4H3;6-7H,1-5H3;5-6H,1-4H3;5-7H,3-4H2,1-2H3;4-6H,1-3H3,(H,11,13);5-7H,1-4H3. The number of pyridine rings is 8. The lowest BCUT2D eigenvalue weighted by molar-refractivity contribution is 0.111. The molecule has 0 saturated carbocycles. The van der Waals surface area contributed by atoms with Crippen molar-refractivity contribution in [1.29, 1.82) is 0 Å². The smallest absolute Gasteiger partial charge is 0.248 e. The number of ether oxygens (including phenoxy) is 5. The molecule has 9 rings (SSSR count). The van der Waals surface area contributed by atoms with E-state index in [4.69, 9.17) is 35.3 Å². The molecule has 8 aromatic rings. The predicted molar refractivity (Wildman–Crippen MR) is 450 cm³/mol. The van der Waals surface area contributed by atoms with Gasteiger partial charge < -0.3 is 28.7 Å². The SMILES string of the molecule is CC(C)(C)c1c[nH]c(=O)cc1C=O.CC(C)(C)c1cnc(OCCN2CCCCC2)cc1C=O.COCCOc1cc(C=O)c(C)cn1.COc1cc(C=O)c(C(C)(C)C)cn1.COc1cncc(C(C)(C)C)c1C=O.Cc1c(Cl)cncc1C(C)(C)C.Cc1ccc(C(C)(C)C)c(C)n1.Cc1ncccc1C(C)(C)C. The molecule has 0 spiro atoms. The summed E-state index contributed by atoms with van der Waals surface area (Å²) in [7, 11) is 4.67. The number of H-pyrrole nitrogens is 1. The first-order chi connectivity index (χ1) is 51.6. The van der Waals surface area contributed by atoms with Gasteiger partial charge in [0, 0.05) is 127 Å². The van der Waals surface area contributed by atoms with E-state index in [-0.39, 0.29) is 43.5 Å². The summed E-state index contributed by atoms with van der Waals surface area (Å²) in [6, 6.07) is 14.8. The third-order valence-corrected chi connectivity index (χ3v) is 18.0. The van der Waals surface area contributed by atoms with Crippen LogP contribution in [0.2, 0.25) is 5.02 Å². The van der Waals surface area contributed by atoms with Gasteiger partial charge in [-0.2, -0.15) is 0 Å². The van der Waals surface area contributed by atoms with Crippen LogP contribution in [0.4, 0.5) is 0 Å². The average Bonchev–Trinajstić information content (AvgIpc) is 0.852. The molecule has 0 aliphatic carbocycles. The molecule has 1 N–H and O–H groups in total. The van der Waals surface area contributed by atoms with Gasteiger partial charge in [0.15, 0.2) is 31.4 Å². The molecule has 21 heteroatoms. The summed E-state index contributed by atoms with van der Waals surface area (Å²) in [5, 5.41) is 0.752. The first-order valence-corrected chi connectivity index (χ1v) is 37.9. The van der Waals surface area contributed by atoms with Crippen LogP contribution >= 0.6 is 11.6 Å². The topological polar surface area (TPSA) is 258 Å². The lowest BCUT2D eigenvalue weighted by atomic mass is 9.85. The van der Waals surface area contributed by atoms with E-state index in [9.17, 15) is 28.8 Å². The van der Waals surface area contributed by atoms with Gasteiger partial charge in [-0.05, 0) is 161 Å². The molecule has 0 unspecified atom stereocenters. The third kappa shape index (κ3) is 34.1. The van der Waals surface area contributed by atoms with Crippen molar-refractivity contribution in [3.05, 3.63) is 215 Å². The summed E-state index contributed by atoms with van der Waals surface area (Å²) >= 11 is 5.96. The minimum Gasteiger partial charge on any atom is -0.494 e. The van der Waals surface area contributed by atoms with Gasteiger partial charge in [-0.25, -0.2) is 15.0 Å². The van der Waals surface area contributed by atoms with Crippen LogP contribution in [0.25, 0.3) is 0 Å². The van der Waals surface area contributed by atoms with Gasteiger partial charge in [-0.1, -0.05) is 176 Å². The van der Waals surface area contributed by atoms with E-state index in [1.54, 1.807) is 68.7 Å². The van der Waals surface area contributed by atoms with Crippen molar-refractivity contribution in [3.63, 3.8) is 0 Å². The molecule has 0 amide bonds. The number of aryl methyl sites for hydroxylation is 4.